The monoisotopic (exact) mass is 189 g/mol. The van der Waals surface area contributed by atoms with Crippen LogP contribution in [0.15, 0.2) is 0 Å². The lowest BCUT2D eigenvalue weighted by atomic mass is 10.3. The summed E-state index contributed by atoms with van der Waals surface area (Å²) < 4.78 is 5.63. The molecule has 0 saturated heterocycles. The topological polar surface area (TPSA) is 21.3 Å². The molecule has 0 rings (SSSR count). The van der Waals surface area contributed by atoms with Crippen LogP contribution in [0.3, 0.4) is 0 Å². The second-order valence-corrected chi connectivity index (χ2v) is 8.10. The molecule has 0 saturated carbocycles. The zero-order valence-corrected chi connectivity index (χ0v) is 10.1. The minimum Gasteiger partial charge on any atom is -0.419 e. The van der Waals surface area contributed by atoms with Crippen molar-refractivity contribution in [3.8, 4) is 0 Å². The van der Waals surface area contributed by atoms with Gasteiger partial charge in [-0.05, 0) is 25.1 Å². The largest absolute Gasteiger partial charge is 0.419 e. The first-order valence-electron chi connectivity index (χ1n) is 4.80. The standard InChI is InChI=1S/C9H23NOSi/c1-6-10-8-12(5,11-4)7-9(2)3/h9-10H,6-8H2,1-5H3. The molecule has 0 aromatic heterocycles. The molecule has 0 spiro atoms. The van der Waals surface area contributed by atoms with E-state index in [1.807, 2.05) is 7.11 Å². The van der Waals surface area contributed by atoms with Gasteiger partial charge < -0.3 is 9.74 Å². The normalized spacial score (nSPS) is 16.5. The molecule has 0 fully saturated rings. The lowest BCUT2D eigenvalue weighted by Gasteiger charge is -2.27. The average molecular weight is 189 g/mol. The highest BCUT2D eigenvalue weighted by atomic mass is 28.4. The van der Waals surface area contributed by atoms with Crippen molar-refractivity contribution < 1.29 is 4.43 Å². The maximum absolute atomic E-state index is 5.63. The fraction of sp³-hybridized carbons (Fsp3) is 1.00. The SMILES string of the molecule is CCNC[Si](C)(CC(C)C)OC. The quantitative estimate of drug-likeness (QED) is 0.645. The summed E-state index contributed by atoms with van der Waals surface area (Å²) in [7, 11) is 0.435. The van der Waals surface area contributed by atoms with Crippen molar-refractivity contribution in [2.45, 2.75) is 33.4 Å². The fourth-order valence-corrected chi connectivity index (χ4v) is 4.44. The summed E-state index contributed by atoms with van der Waals surface area (Å²) in [6.45, 7) is 10.0. The maximum Gasteiger partial charge on any atom is 0.202 e. The van der Waals surface area contributed by atoms with E-state index in [0.29, 0.717) is 0 Å². The highest BCUT2D eigenvalue weighted by molar-refractivity contribution is 6.72. The lowest BCUT2D eigenvalue weighted by molar-refractivity contribution is 0.385. The van der Waals surface area contributed by atoms with Crippen LogP contribution in [0.1, 0.15) is 20.8 Å². The zero-order valence-electron chi connectivity index (χ0n) is 9.11. The Morgan fingerprint density at radius 2 is 2.00 bits per heavy atom. The van der Waals surface area contributed by atoms with Crippen LogP contribution < -0.4 is 5.32 Å². The third-order valence-electron chi connectivity index (χ3n) is 2.08. The van der Waals surface area contributed by atoms with Crippen molar-refractivity contribution in [3.63, 3.8) is 0 Å². The summed E-state index contributed by atoms with van der Waals surface area (Å²) in [5.74, 6) is 0.750. The van der Waals surface area contributed by atoms with E-state index in [4.69, 9.17) is 4.43 Å². The highest BCUT2D eigenvalue weighted by Gasteiger charge is 2.27. The summed E-state index contributed by atoms with van der Waals surface area (Å²) in [5.41, 5.74) is 0. The Labute approximate surface area is 77.8 Å². The Kier molecular flexibility index (Phi) is 5.79. The molecule has 0 bridgehead atoms. The Balaban J connectivity index is 3.86. The lowest BCUT2D eigenvalue weighted by Crippen LogP contribution is -2.45. The smallest absolute Gasteiger partial charge is 0.202 e. The second kappa shape index (κ2) is 5.73. The highest BCUT2D eigenvalue weighted by Crippen LogP contribution is 2.16. The van der Waals surface area contributed by atoms with Crippen LogP contribution >= 0.6 is 0 Å². The molecule has 0 aliphatic carbocycles. The van der Waals surface area contributed by atoms with Gasteiger partial charge in [-0.2, -0.15) is 0 Å². The second-order valence-electron chi connectivity index (χ2n) is 4.03. The predicted octanol–water partition coefficient (Wildman–Crippen LogP) is 2.01. The molecule has 2 nitrogen and oxygen atoms in total. The van der Waals surface area contributed by atoms with Gasteiger partial charge in [0.1, 0.15) is 0 Å². The fourth-order valence-electron chi connectivity index (χ4n) is 1.48. The third kappa shape index (κ3) is 4.90. The van der Waals surface area contributed by atoms with Crippen LogP contribution in [0, 0.1) is 5.92 Å². The van der Waals surface area contributed by atoms with E-state index in [1.165, 1.54) is 6.04 Å². The van der Waals surface area contributed by atoms with E-state index in [9.17, 15) is 0 Å². The molecule has 1 atom stereocenters. The van der Waals surface area contributed by atoms with Crippen molar-refractivity contribution in [1.82, 2.24) is 5.32 Å². The van der Waals surface area contributed by atoms with Crippen molar-refractivity contribution >= 4 is 8.32 Å². The molecule has 1 N–H and O–H groups in total. The van der Waals surface area contributed by atoms with Gasteiger partial charge in [0.2, 0.25) is 8.32 Å². The molecule has 1 unspecified atom stereocenters. The first-order valence-corrected chi connectivity index (χ1v) is 7.62. The van der Waals surface area contributed by atoms with Crippen molar-refractivity contribution in [2.75, 3.05) is 19.8 Å². The maximum atomic E-state index is 5.63. The van der Waals surface area contributed by atoms with Crippen LogP contribution in [0.4, 0.5) is 0 Å². The van der Waals surface area contributed by atoms with Gasteiger partial charge in [0, 0.05) is 13.3 Å². The molecular formula is C9H23NOSi. The van der Waals surface area contributed by atoms with E-state index in [0.717, 1.165) is 18.6 Å². The molecule has 12 heavy (non-hydrogen) atoms. The van der Waals surface area contributed by atoms with Crippen molar-refractivity contribution in [3.05, 3.63) is 0 Å². The van der Waals surface area contributed by atoms with Crippen LogP contribution in [0.25, 0.3) is 0 Å². The molecule has 0 radical (unpaired) electrons. The van der Waals surface area contributed by atoms with Crippen molar-refractivity contribution in [2.24, 2.45) is 5.92 Å². The van der Waals surface area contributed by atoms with Gasteiger partial charge in [0.15, 0.2) is 0 Å². The average Bonchev–Trinajstić information content (AvgIpc) is 2.00. The number of rotatable bonds is 6. The first kappa shape index (κ1) is 12.1. The number of hydrogen-bond acceptors (Lipinski definition) is 2. The minimum atomic E-state index is -1.42. The Bertz CT molecular complexity index is 119. The van der Waals surface area contributed by atoms with E-state index < -0.39 is 8.32 Å². The van der Waals surface area contributed by atoms with E-state index in [-0.39, 0.29) is 0 Å². The molecule has 0 amide bonds. The van der Waals surface area contributed by atoms with Crippen LogP contribution in [0.2, 0.25) is 12.6 Å². The minimum absolute atomic E-state index is 0.750. The van der Waals surface area contributed by atoms with Crippen LogP contribution in [-0.4, -0.2) is 28.1 Å². The van der Waals surface area contributed by atoms with Gasteiger partial charge in [-0.3, -0.25) is 0 Å². The van der Waals surface area contributed by atoms with E-state index >= 15 is 0 Å². The molecule has 0 aromatic carbocycles. The summed E-state index contributed by atoms with van der Waals surface area (Å²) in [6.07, 6.45) is 1.08. The molecule has 74 valence electrons. The Morgan fingerprint density at radius 1 is 1.42 bits per heavy atom. The first-order chi connectivity index (χ1) is 5.54. The summed E-state index contributed by atoms with van der Waals surface area (Å²) in [5, 5.41) is 3.38. The van der Waals surface area contributed by atoms with Gasteiger partial charge in [-0.25, -0.2) is 0 Å². The summed E-state index contributed by atoms with van der Waals surface area (Å²) in [4.78, 5) is 0. The molecule has 0 heterocycles. The number of nitrogens with one attached hydrogen (secondary N) is 1. The van der Waals surface area contributed by atoms with Crippen molar-refractivity contribution in [1.29, 1.82) is 0 Å². The summed E-state index contributed by atoms with van der Waals surface area (Å²) in [6, 6.07) is 1.25. The summed E-state index contributed by atoms with van der Waals surface area (Å²) >= 11 is 0. The molecule has 0 aliphatic rings. The predicted molar refractivity (Wildman–Crippen MR) is 56.8 cm³/mol. The molecular weight excluding hydrogens is 166 g/mol. The zero-order chi connectivity index (χ0) is 9.61. The third-order valence-corrected chi connectivity index (χ3v) is 5.75. The number of hydrogen-bond donors (Lipinski definition) is 1. The van der Waals surface area contributed by atoms with Crippen LogP contribution in [-0.2, 0) is 4.43 Å². The van der Waals surface area contributed by atoms with E-state index in [1.54, 1.807) is 0 Å². The Hall–Kier alpha value is 0.137. The van der Waals surface area contributed by atoms with Crippen LogP contribution in [0.5, 0.6) is 0 Å². The van der Waals surface area contributed by atoms with Gasteiger partial charge in [-0.15, -0.1) is 0 Å². The van der Waals surface area contributed by atoms with Gasteiger partial charge in [0.25, 0.3) is 0 Å². The molecule has 3 heteroatoms. The molecule has 0 aliphatic heterocycles. The molecule has 0 aromatic rings. The van der Waals surface area contributed by atoms with Gasteiger partial charge in [0.05, 0.1) is 0 Å². The van der Waals surface area contributed by atoms with Gasteiger partial charge >= 0.3 is 0 Å². The van der Waals surface area contributed by atoms with Gasteiger partial charge in [-0.1, -0.05) is 20.8 Å². The Morgan fingerprint density at radius 3 is 2.33 bits per heavy atom. The van der Waals surface area contributed by atoms with E-state index in [2.05, 4.69) is 32.6 Å².